The summed E-state index contributed by atoms with van der Waals surface area (Å²) in [5.41, 5.74) is 2.10. The van der Waals surface area contributed by atoms with Crippen LogP contribution in [0.4, 0.5) is 0 Å². The number of amides is 2. The summed E-state index contributed by atoms with van der Waals surface area (Å²) in [6.45, 7) is 3.87. The van der Waals surface area contributed by atoms with Crippen LogP contribution in [-0.4, -0.2) is 11.8 Å². The van der Waals surface area contributed by atoms with E-state index in [0.717, 1.165) is 11.1 Å². The van der Waals surface area contributed by atoms with Crippen LogP contribution in [0.15, 0.2) is 60.7 Å². The summed E-state index contributed by atoms with van der Waals surface area (Å²) in [5.74, 6) is -0.234. The third kappa shape index (κ3) is 5.54. The van der Waals surface area contributed by atoms with E-state index in [1.165, 1.54) is 0 Å². The van der Waals surface area contributed by atoms with Gasteiger partial charge in [0.1, 0.15) is 0 Å². The summed E-state index contributed by atoms with van der Waals surface area (Å²) in [6, 6.07) is 19.4. The lowest BCUT2D eigenvalue weighted by Gasteiger charge is -2.16. The van der Waals surface area contributed by atoms with Crippen molar-refractivity contribution < 1.29 is 9.59 Å². The first-order chi connectivity index (χ1) is 11.6. The zero-order chi connectivity index (χ0) is 17.4. The average molecular weight is 324 g/mol. The Hall–Kier alpha value is -2.62. The average Bonchev–Trinajstić information content (AvgIpc) is 2.61. The van der Waals surface area contributed by atoms with Crippen LogP contribution in [0, 0.1) is 0 Å². The molecule has 0 bridgehead atoms. The van der Waals surface area contributed by atoms with Gasteiger partial charge in [0.25, 0.3) is 0 Å². The highest BCUT2D eigenvalue weighted by Gasteiger charge is 2.13. The van der Waals surface area contributed by atoms with Gasteiger partial charge in [0.15, 0.2) is 0 Å². The van der Waals surface area contributed by atoms with Crippen LogP contribution in [0.3, 0.4) is 0 Å². The van der Waals surface area contributed by atoms with Crippen molar-refractivity contribution in [1.29, 1.82) is 0 Å². The first kappa shape index (κ1) is 17.7. The van der Waals surface area contributed by atoms with Crippen LogP contribution in [0.2, 0.25) is 0 Å². The first-order valence-corrected chi connectivity index (χ1v) is 8.25. The van der Waals surface area contributed by atoms with Crippen molar-refractivity contribution >= 4 is 11.8 Å². The quantitative estimate of drug-likeness (QED) is 0.818. The maximum atomic E-state index is 12.0. The van der Waals surface area contributed by atoms with Gasteiger partial charge in [0, 0.05) is 12.8 Å². The molecule has 2 atom stereocenters. The molecule has 24 heavy (non-hydrogen) atoms. The number of carbonyl (C=O) groups excluding carboxylic acids is 2. The third-order valence-corrected chi connectivity index (χ3v) is 3.93. The second-order valence-electron chi connectivity index (χ2n) is 5.90. The van der Waals surface area contributed by atoms with Gasteiger partial charge in [-0.25, -0.2) is 0 Å². The van der Waals surface area contributed by atoms with Crippen molar-refractivity contribution in [2.75, 3.05) is 0 Å². The largest absolute Gasteiger partial charge is 0.350 e. The first-order valence-electron chi connectivity index (χ1n) is 8.25. The van der Waals surface area contributed by atoms with E-state index in [9.17, 15) is 9.59 Å². The van der Waals surface area contributed by atoms with Crippen LogP contribution in [0.5, 0.6) is 0 Å². The minimum atomic E-state index is -0.117. The molecule has 2 rings (SSSR count). The smallest absolute Gasteiger partial charge is 0.220 e. The molecule has 2 aromatic rings. The Morgan fingerprint density at radius 3 is 1.38 bits per heavy atom. The Morgan fingerprint density at radius 2 is 1.04 bits per heavy atom. The van der Waals surface area contributed by atoms with Crippen molar-refractivity contribution in [3.8, 4) is 0 Å². The molecular formula is C20H24N2O2. The molecule has 0 unspecified atom stereocenters. The molecule has 126 valence electrons. The van der Waals surface area contributed by atoms with E-state index in [-0.39, 0.29) is 36.7 Å². The third-order valence-electron chi connectivity index (χ3n) is 3.93. The molecule has 2 aromatic carbocycles. The number of carbonyl (C=O) groups is 2. The lowest BCUT2D eigenvalue weighted by molar-refractivity contribution is -0.127. The van der Waals surface area contributed by atoms with E-state index < -0.39 is 0 Å². The van der Waals surface area contributed by atoms with Crippen molar-refractivity contribution in [2.24, 2.45) is 0 Å². The number of nitrogens with one attached hydrogen (secondary N) is 2. The Labute approximate surface area is 143 Å². The van der Waals surface area contributed by atoms with Crippen LogP contribution >= 0.6 is 0 Å². The zero-order valence-corrected chi connectivity index (χ0v) is 14.2. The molecule has 0 radical (unpaired) electrons. The lowest BCUT2D eigenvalue weighted by Crippen LogP contribution is -2.30. The Balaban J connectivity index is 1.74. The molecule has 0 aromatic heterocycles. The van der Waals surface area contributed by atoms with E-state index in [1.54, 1.807) is 0 Å². The second-order valence-corrected chi connectivity index (χ2v) is 5.90. The summed E-state index contributed by atoms with van der Waals surface area (Å²) < 4.78 is 0. The van der Waals surface area contributed by atoms with Crippen LogP contribution in [-0.2, 0) is 9.59 Å². The molecule has 2 N–H and O–H groups in total. The van der Waals surface area contributed by atoms with Gasteiger partial charge in [-0.15, -0.1) is 0 Å². The van der Waals surface area contributed by atoms with Crippen molar-refractivity contribution in [3.05, 3.63) is 71.8 Å². The van der Waals surface area contributed by atoms with E-state index in [4.69, 9.17) is 0 Å². The summed E-state index contributed by atoms with van der Waals surface area (Å²) in [4.78, 5) is 24.0. The summed E-state index contributed by atoms with van der Waals surface area (Å²) in [6.07, 6.45) is 0.370. The van der Waals surface area contributed by atoms with Crippen LogP contribution in [0.1, 0.15) is 49.9 Å². The molecule has 0 aliphatic carbocycles. The summed E-state index contributed by atoms with van der Waals surface area (Å²) in [5, 5.41) is 5.84. The van der Waals surface area contributed by atoms with E-state index in [2.05, 4.69) is 10.6 Å². The van der Waals surface area contributed by atoms with Gasteiger partial charge in [0.05, 0.1) is 12.1 Å². The van der Waals surface area contributed by atoms with Gasteiger partial charge < -0.3 is 10.6 Å². The Morgan fingerprint density at radius 1 is 0.708 bits per heavy atom. The van der Waals surface area contributed by atoms with Crippen LogP contribution in [0.25, 0.3) is 0 Å². The van der Waals surface area contributed by atoms with E-state index in [1.807, 2.05) is 74.5 Å². The fourth-order valence-corrected chi connectivity index (χ4v) is 2.50. The molecule has 4 nitrogen and oxygen atoms in total. The minimum Gasteiger partial charge on any atom is -0.350 e. The standard InChI is InChI=1S/C20H24N2O2/c1-15(17-9-5-3-6-10-17)21-19(23)13-14-20(24)22-16(2)18-11-7-4-8-12-18/h3-12,15-16H,13-14H2,1-2H3,(H,21,23)(H,22,24)/t15-,16+. The van der Waals surface area contributed by atoms with Gasteiger partial charge in [0.2, 0.25) is 11.8 Å². The molecule has 2 amide bonds. The highest BCUT2D eigenvalue weighted by Crippen LogP contribution is 2.13. The summed E-state index contributed by atoms with van der Waals surface area (Å²) >= 11 is 0. The monoisotopic (exact) mass is 324 g/mol. The highest BCUT2D eigenvalue weighted by atomic mass is 16.2. The minimum absolute atomic E-state index is 0.0648. The topological polar surface area (TPSA) is 58.2 Å². The Bertz CT molecular complexity index is 596. The fourth-order valence-electron chi connectivity index (χ4n) is 2.50. The molecule has 0 aliphatic heterocycles. The molecule has 0 fully saturated rings. The van der Waals surface area contributed by atoms with E-state index >= 15 is 0 Å². The highest BCUT2D eigenvalue weighted by molar-refractivity contribution is 5.84. The van der Waals surface area contributed by atoms with Crippen molar-refractivity contribution in [2.45, 2.75) is 38.8 Å². The number of benzene rings is 2. The lowest BCUT2D eigenvalue weighted by atomic mass is 10.1. The van der Waals surface area contributed by atoms with Gasteiger partial charge in [-0.3, -0.25) is 9.59 Å². The van der Waals surface area contributed by atoms with Gasteiger partial charge in [-0.2, -0.15) is 0 Å². The van der Waals surface area contributed by atoms with E-state index in [0.29, 0.717) is 0 Å². The maximum absolute atomic E-state index is 12.0. The normalized spacial score (nSPS) is 12.9. The molecule has 0 spiro atoms. The maximum Gasteiger partial charge on any atom is 0.220 e. The predicted octanol–water partition coefficient (Wildman–Crippen LogP) is 3.52. The van der Waals surface area contributed by atoms with Gasteiger partial charge in [-0.05, 0) is 25.0 Å². The molecule has 4 heteroatoms. The SMILES string of the molecule is C[C@H](NC(=O)CCC(=O)N[C@H](C)c1ccccc1)c1ccccc1. The molecule has 0 aliphatic rings. The molecular weight excluding hydrogens is 300 g/mol. The van der Waals surface area contributed by atoms with Gasteiger partial charge in [-0.1, -0.05) is 60.7 Å². The zero-order valence-electron chi connectivity index (χ0n) is 14.2. The molecule has 0 saturated carbocycles. The number of hydrogen-bond donors (Lipinski definition) is 2. The molecule has 0 heterocycles. The van der Waals surface area contributed by atoms with Gasteiger partial charge >= 0.3 is 0 Å². The predicted molar refractivity (Wildman–Crippen MR) is 95.2 cm³/mol. The van der Waals surface area contributed by atoms with Crippen LogP contribution < -0.4 is 10.6 Å². The Kier molecular flexibility index (Phi) is 6.55. The number of rotatable bonds is 7. The van der Waals surface area contributed by atoms with Crippen molar-refractivity contribution in [1.82, 2.24) is 10.6 Å². The second kappa shape index (κ2) is 8.87. The molecule has 0 saturated heterocycles. The number of hydrogen-bond acceptors (Lipinski definition) is 2. The van der Waals surface area contributed by atoms with Crippen molar-refractivity contribution in [3.63, 3.8) is 0 Å². The fraction of sp³-hybridized carbons (Fsp3) is 0.300. The summed E-state index contributed by atoms with van der Waals surface area (Å²) in [7, 11) is 0.